The van der Waals surface area contributed by atoms with E-state index in [4.69, 9.17) is 0 Å². The Hall–Kier alpha value is -1.46. The molecular weight excluding hydrogens is 344 g/mol. The van der Waals surface area contributed by atoms with E-state index in [2.05, 4.69) is 45.8 Å². The fourth-order valence-electron chi connectivity index (χ4n) is 3.52. The quantitative estimate of drug-likeness (QED) is 0.263. The highest BCUT2D eigenvalue weighted by atomic mass is 32.1. The molecule has 0 fully saturated rings. The summed E-state index contributed by atoms with van der Waals surface area (Å²) in [6.07, 6.45) is 0. The van der Waals surface area contributed by atoms with Gasteiger partial charge in [0.2, 0.25) is 0 Å². The summed E-state index contributed by atoms with van der Waals surface area (Å²) in [4.78, 5) is 0. The molecule has 4 heterocycles. The highest BCUT2D eigenvalue weighted by molar-refractivity contribution is 7.25. The van der Waals surface area contributed by atoms with Crippen molar-refractivity contribution in [2.24, 2.45) is 0 Å². The van der Waals surface area contributed by atoms with Gasteiger partial charge >= 0.3 is 0 Å². The molecule has 2 aromatic carbocycles. The Morgan fingerprint density at radius 1 is 0.409 bits per heavy atom. The van der Waals surface area contributed by atoms with Gasteiger partial charge in [-0.1, -0.05) is 0 Å². The summed E-state index contributed by atoms with van der Waals surface area (Å²) >= 11 is 7.52. The number of hydrogen-bond donors (Lipinski definition) is 0. The Labute approximate surface area is 141 Å². The van der Waals surface area contributed by atoms with Gasteiger partial charge < -0.3 is 0 Å². The lowest BCUT2D eigenvalue weighted by molar-refractivity contribution is 2.10. The van der Waals surface area contributed by atoms with Gasteiger partial charge in [0.1, 0.15) is 0 Å². The minimum Gasteiger partial charge on any atom is -0.143 e. The highest BCUT2D eigenvalue weighted by Gasteiger charge is 2.18. The Morgan fingerprint density at radius 2 is 0.682 bits per heavy atom. The van der Waals surface area contributed by atoms with Gasteiger partial charge in [-0.15, -0.1) is 45.3 Å². The Bertz CT molecular complexity index is 1120. The zero-order valence-electron chi connectivity index (χ0n) is 11.3. The van der Waals surface area contributed by atoms with Gasteiger partial charge in [-0.25, -0.2) is 0 Å². The molecule has 4 aromatic heterocycles. The fourth-order valence-corrected chi connectivity index (χ4v) is 7.52. The SMILES string of the molecule is c1cc2c3ccsc3c3c4sccc4c4ccsc4c3c2s1. The first-order chi connectivity index (χ1) is 10.9. The molecule has 22 heavy (non-hydrogen) atoms. The topological polar surface area (TPSA) is 0 Å². The van der Waals surface area contributed by atoms with Crippen LogP contribution in [0.4, 0.5) is 0 Å². The number of hydrogen-bond acceptors (Lipinski definition) is 4. The lowest BCUT2D eigenvalue weighted by atomic mass is 10.0. The van der Waals surface area contributed by atoms with E-state index in [0.29, 0.717) is 0 Å². The molecular formula is C18H8S4. The first kappa shape index (κ1) is 12.0. The number of thiophene rings is 4. The molecule has 0 unspecified atom stereocenters. The van der Waals surface area contributed by atoms with Gasteiger partial charge in [-0.2, -0.15) is 0 Å². The third kappa shape index (κ3) is 1.29. The van der Waals surface area contributed by atoms with Crippen LogP contribution in [0.2, 0.25) is 0 Å². The van der Waals surface area contributed by atoms with Crippen molar-refractivity contribution in [3.63, 3.8) is 0 Å². The van der Waals surface area contributed by atoms with Crippen molar-refractivity contribution < 1.29 is 0 Å². The van der Waals surface area contributed by atoms with Crippen LogP contribution in [0.25, 0.3) is 51.1 Å². The maximum atomic E-state index is 2.28. The van der Waals surface area contributed by atoms with E-state index in [1.807, 2.05) is 45.3 Å². The van der Waals surface area contributed by atoms with Crippen molar-refractivity contribution in [1.29, 1.82) is 0 Å². The molecule has 104 valence electrons. The Kier molecular flexibility index (Phi) is 2.23. The summed E-state index contributed by atoms with van der Waals surface area (Å²) in [5.41, 5.74) is 0. The van der Waals surface area contributed by atoms with Crippen molar-refractivity contribution in [2.45, 2.75) is 0 Å². The molecule has 0 aliphatic carbocycles. The second kappa shape index (κ2) is 4.09. The summed E-state index contributed by atoms with van der Waals surface area (Å²) in [5, 5.41) is 17.6. The Balaban J connectivity index is 2.19. The summed E-state index contributed by atoms with van der Waals surface area (Å²) in [5.74, 6) is 0. The van der Waals surface area contributed by atoms with Crippen LogP contribution in [0.5, 0.6) is 0 Å². The number of rotatable bonds is 0. The lowest BCUT2D eigenvalue weighted by Gasteiger charge is -2.07. The predicted octanol–water partition coefficient (Wildman–Crippen LogP) is 7.70. The first-order valence-electron chi connectivity index (χ1n) is 7.00. The molecule has 6 rings (SSSR count). The van der Waals surface area contributed by atoms with E-state index < -0.39 is 0 Å². The zero-order valence-corrected chi connectivity index (χ0v) is 14.5. The van der Waals surface area contributed by atoms with Crippen LogP contribution in [0.15, 0.2) is 45.8 Å². The van der Waals surface area contributed by atoms with Crippen LogP contribution < -0.4 is 0 Å². The molecule has 0 amide bonds. The van der Waals surface area contributed by atoms with E-state index in [1.165, 1.54) is 51.1 Å². The predicted molar refractivity (Wildman–Crippen MR) is 105 cm³/mol. The fraction of sp³-hybridized carbons (Fsp3) is 0. The van der Waals surface area contributed by atoms with Crippen LogP contribution in [-0.2, 0) is 0 Å². The molecule has 0 atom stereocenters. The first-order valence-corrected chi connectivity index (χ1v) is 10.5. The normalized spacial score (nSPS) is 12.5. The molecule has 0 spiro atoms. The summed E-state index contributed by atoms with van der Waals surface area (Å²) < 4.78 is 5.79. The largest absolute Gasteiger partial charge is 0.143 e. The molecule has 0 bridgehead atoms. The molecule has 0 aliphatic rings. The van der Waals surface area contributed by atoms with Gasteiger partial charge in [-0.3, -0.25) is 0 Å². The van der Waals surface area contributed by atoms with Crippen molar-refractivity contribution in [2.75, 3.05) is 0 Å². The minimum absolute atomic E-state index is 1.42. The second-order valence-corrected chi connectivity index (χ2v) is 9.07. The van der Waals surface area contributed by atoms with Gasteiger partial charge in [0, 0.05) is 51.1 Å². The van der Waals surface area contributed by atoms with Crippen molar-refractivity contribution in [1.82, 2.24) is 0 Å². The van der Waals surface area contributed by atoms with Crippen LogP contribution in [-0.4, -0.2) is 0 Å². The van der Waals surface area contributed by atoms with Crippen molar-refractivity contribution in [3.8, 4) is 0 Å². The smallest absolute Gasteiger partial charge is 0.0443 e. The third-order valence-corrected chi connectivity index (χ3v) is 8.13. The van der Waals surface area contributed by atoms with E-state index in [0.717, 1.165) is 0 Å². The maximum absolute atomic E-state index is 2.28. The Morgan fingerprint density at radius 3 is 0.955 bits per heavy atom. The van der Waals surface area contributed by atoms with Gasteiger partial charge in [-0.05, 0) is 45.8 Å². The second-order valence-electron chi connectivity index (χ2n) is 5.40. The van der Waals surface area contributed by atoms with Gasteiger partial charge in [0.15, 0.2) is 0 Å². The molecule has 0 saturated heterocycles. The molecule has 0 aliphatic heterocycles. The number of benzene rings is 2. The molecule has 0 radical (unpaired) electrons. The standard InChI is InChI=1S/C18H8S4/c1-5-19-15-9(1)10-2-6-20-16(10)14-13(15)17-11(3-7-21-17)12-4-8-22-18(12)14/h1-8H. The van der Waals surface area contributed by atoms with E-state index >= 15 is 0 Å². The maximum Gasteiger partial charge on any atom is 0.0443 e. The zero-order chi connectivity index (χ0) is 14.3. The van der Waals surface area contributed by atoms with Crippen molar-refractivity contribution in [3.05, 3.63) is 45.8 Å². The third-order valence-electron chi connectivity index (χ3n) is 4.40. The monoisotopic (exact) mass is 352 g/mol. The van der Waals surface area contributed by atoms with Crippen LogP contribution in [0.1, 0.15) is 0 Å². The number of fused-ring (bicyclic) bond motifs is 11. The van der Waals surface area contributed by atoms with Crippen LogP contribution >= 0.6 is 45.3 Å². The van der Waals surface area contributed by atoms with E-state index in [-0.39, 0.29) is 0 Å². The molecule has 0 saturated carbocycles. The van der Waals surface area contributed by atoms with Gasteiger partial charge in [0.25, 0.3) is 0 Å². The lowest BCUT2D eigenvalue weighted by Crippen LogP contribution is -1.78. The minimum atomic E-state index is 1.42. The van der Waals surface area contributed by atoms with Crippen molar-refractivity contribution >= 4 is 96.5 Å². The summed E-state index contributed by atoms with van der Waals surface area (Å²) in [6.45, 7) is 0. The molecule has 0 nitrogen and oxygen atoms in total. The molecule has 0 N–H and O–H groups in total. The highest BCUT2D eigenvalue weighted by Crippen LogP contribution is 2.49. The van der Waals surface area contributed by atoms with Crippen LogP contribution in [0.3, 0.4) is 0 Å². The summed E-state index contributed by atoms with van der Waals surface area (Å²) in [6, 6.07) is 9.14. The van der Waals surface area contributed by atoms with Crippen LogP contribution in [0, 0.1) is 0 Å². The average Bonchev–Trinajstić information content (AvgIpc) is 3.28. The summed E-state index contributed by atoms with van der Waals surface area (Å²) in [7, 11) is 0. The van der Waals surface area contributed by atoms with E-state index in [9.17, 15) is 0 Å². The average molecular weight is 353 g/mol. The molecule has 6 aromatic rings. The van der Waals surface area contributed by atoms with Gasteiger partial charge in [0.05, 0.1) is 0 Å². The molecule has 4 heteroatoms. The van der Waals surface area contributed by atoms with E-state index in [1.54, 1.807) is 0 Å².